The number of pyridine rings is 1. The Morgan fingerprint density at radius 2 is 2.00 bits per heavy atom. The van der Waals surface area contributed by atoms with E-state index in [1.807, 2.05) is 18.9 Å². The fourth-order valence-electron chi connectivity index (χ4n) is 2.92. The van der Waals surface area contributed by atoms with Crippen LogP contribution in [0.25, 0.3) is 0 Å². The highest BCUT2D eigenvalue weighted by Gasteiger charge is 2.28. The molecule has 0 aliphatic carbocycles. The average Bonchev–Trinajstić information content (AvgIpc) is 2.88. The van der Waals surface area contributed by atoms with Gasteiger partial charge in [0.25, 0.3) is 0 Å². The molecule has 0 bridgehead atoms. The number of carbonyl (C=O) groups excluding carboxylic acids is 1. The van der Waals surface area contributed by atoms with Crippen LogP contribution in [0.5, 0.6) is 0 Å². The van der Waals surface area contributed by atoms with Crippen LogP contribution in [0.3, 0.4) is 0 Å². The van der Waals surface area contributed by atoms with Gasteiger partial charge in [-0.1, -0.05) is 0 Å². The van der Waals surface area contributed by atoms with E-state index in [1.165, 1.54) is 11.1 Å². The fourth-order valence-corrected chi connectivity index (χ4v) is 2.92. The van der Waals surface area contributed by atoms with Crippen molar-refractivity contribution in [3.63, 3.8) is 0 Å². The fraction of sp³-hybridized carbons (Fsp3) is 0.571. The molecule has 0 aromatic carbocycles. The maximum Gasteiger partial charge on any atom is 0.320 e. The lowest BCUT2D eigenvalue weighted by Crippen LogP contribution is -2.29. The summed E-state index contributed by atoms with van der Waals surface area (Å²) in [6.07, 6.45) is 1.03. The van der Waals surface area contributed by atoms with E-state index in [2.05, 4.69) is 23.0 Å². The second-order valence-corrected chi connectivity index (χ2v) is 5.52. The molecule has 5 heteroatoms. The number of urea groups is 1. The molecule has 1 aromatic heterocycles. The van der Waals surface area contributed by atoms with Crippen LogP contribution in [0.2, 0.25) is 0 Å². The predicted octanol–water partition coefficient (Wildman–Crippen LogP) is 1.25. The third-order valence-electron chi connectivity index (χ3n) is 4.05. The number of anilines is 1. The van der Waals surface area contributed by atoms with Gasteiger partial charge in [0, 0.05) is 51.5 Å². The van der Waals surface area contributed by atoms with Crippen molar-refractivity contribution in [1.82, 2.24) is 14.8 Å². The number of aryl methyl sites for hydroxylation is 1. The van der Waals surface area contributed by atoms with Crippen LogP contribution in [0, 0.1) is 6.92 Å². The maximum absolute atomic E-state index is 12.0. The van der Waals surface area contributed by atoms with Gasteiger partial charge in [0.2, 0.25) is 0 Å². The second-order valence-electron chi connectivity index (χ2n) is 5.52. The zero-order valence-electron chi connectivity index (χ0n) is 11.8. The van der Waals surface area contributed by atoms with E-state index >= 15 is 0 Å². The van der Waals surface area contributed by atoms with Gasteiger partial charge in [0.1, 0.15) is 5.82 Å². The van der Waals surface area contributed by atoms with E-state index in [1.54, 1.807) is 4.90 Å². The van der Waals surface area contributed by atoms with E-state index in [0.29, 0.717) is 6.54 Å². The quantitative estimate of drug-likeness (QED) is 0.803. The summed E-state index contributed by atoms with van der Waals surface area (Å²) < 4.78 is 0. The number of hydrogen-bond acceptors (Lipinski definition) is 3. The lowest BCUT2D eigenvalue weighted by atomic mass is 10.1. The largest absolute Gasteiger partial charge is 0.359 e. The molecule has 3 heterocycles. The lowest BCUT2D eigenvalue weighted by Gasteiger charge is -2.19. The summed E-state index contributed by atoms with van der Waals surface area (Å²) in [6.45, 7) is 5.40. The molecule has 3 rings (SSSR count). The molecule has 2 aliphatic heterocycles. The molecular formula is C14H20N4O. The normalized spacial score (nSPS) is 18.5. The first-order valence-corrected chi connectivity index (χ1v) is 6.77. The van der Waals surface area contributed by atoms with Gasteiger partial charge in [-0.25, -0.2) is 9.78 Å². The number of rotatable bonds is 2. The Morgan fingerprint density at radius 3 is 2.68 bits per heavy atom. The van der Waals surface area contributed by atoms with Gasteiger partial charge >= 0.3 is 6.03 Å². The Labute approximate surface area is 113 Å². The molecule has 19 heavy (non-hydrogen) atoms. The number of fused-ring (bicyclic) bond motifs is 1. The van der Waals surface area contributed by atoms with E-state index < -0.39 is 0 Å². The van der Waals surface area contributed by atoms with Crippen molar-refractivity contribution in [2.75, 3.05) is 38.6 Å². The van der Waals surface area contributed by atoms with Gasteiger partial charge in [-0.3, -0.25) is 0 Å². The zero-order chi connectivity index (χ0) is 13.6. The van der Waals surface area contributed by atoms with Crippen molar-refractivity contribution in [1.29, 1.82) is 0 Å². The van der Waals surface area contributed by atoms with Crippen molar-refractivity contribution < 1.29 is 4.79 Å². The Balaban J connectivity index is 1.90. The zero-order valence-corrected chi connectivity index (χ0v) is 11.8. The smallest absolute Gasteiger partial charge is 0.320 e. The van der Waals surface area contributed by atoms with Crippen molar-refractivity contribution in [2.45, 2.75) is 19.9 Å². The van der Waals surface area contributed by atoms with Crippen molar-refractivity contribution in [3.8, 4) is 0 Å². The summed E-state index contributed by atoms with van der Waals surface area (Å²) in [7, 11) is 3.94. The molecule has 1 fully saturated rings. The van der Waals surface area contributed by atoms with Gasteiger partial charge in [-0.05, 0) is 25.0 Å². The Bertz CT molecular complexity index is 528. The molecule has 0 unspecified atom stereocenters. The molecule has 2 aliphatic rings. The first-order chi connectivity index (χ1) is 9.06. The van der Waals surface area contributed by atoms with Crippen LogP contribution in [0.15, 0.2) is 6.07 Å². The third-order valence-corrected chi connectivity index (χ3v) is 4.05. The van der Waals surface area contributed by atoms with Gasteiger partial charge < -0.3 is 14.7 Å². The minimum Gasteiger partial charge on any atom is -0.359 e. The molecule has 0 radical (unpaired) electrons. The minimum absolute atomic E-state index is 0.134. The van der Waals surface area contributed by atoms with E-state index in [-0.39, 0.29) is 6.03 Å². The van der Waals surface area contributed by atoms with Crippen LogP contribution in [0.4, 0.5) is 10.6 Å². The van der Waals surface area contributed by atoms with Crippen molar-refractivity contribution in [2.24, 2.45) is 0 Å². The summed E-state index contributed by atoms with van der Waals surface area (Å²) in [5.74, 6) is 1.09. The Kier molecular flexibility index (Phi) is 2.84. The van der Waals surface area contributed by atoms with Gasteiger partial charge in [0.05, 0.1) is 0 Å². The van der Waals surface area contributed by atoms with Gasteiger partial charge in [0.15, 0.2) is 0 Å². The van der Waals surface area contributed by atoms with Crippen LogP contribution in [-0.2, 0) is 13.0 Å². The number of likely N-dealkylation sites (N-methyl/N-ethyl adjacent to an activating group) is 2. The number of amides is 2. The van der Waals surface area contributed by atoms with Crippen LogP contribution in [-0.4, -0.2) is 54.5 Å². The van der Waals surface area contributed by atoms with Gasteiger partial charge in [-0.15, -0.1) is 0 Å². The lowest BCUT2D eigenvalue weighted by molar-refractivity contribution is 0.197. The third kappa shape index (κ3) is 2.03. The van der Waals surface area contributed by atoms with E-state index in [4.69, 9.17) is 0 Å². The monoisotopic (exact) mass is 260 g/mol. The molecule has 5 nitrogen and oxygen atoms in total. The first-order valence-electron chi connectivity index (χ1n) is 6.77. The summed E-state index contributed by atoms with van der Waals surface area (Å²) >= 11 is 0. The van der Waals surface area contributed by atoms with E-state index in [0.717, 1.165) is 37.6 Å². The second kappa shape index (κ2) is 4.40. The predicted molar refractivity (Wildman–Crippen MR) is 74.4 cm³/mol. The Morgan fingerprint density at radius 1 is 1.21 bits per heavy atom. The molecule has 1 saturated heterocycles. The molecule has 0 spiro atoms. The first kappa shape index (κ1) is 12.3. The summed E-state index contributed by atoms with van der Waals surface area (Å²) in [5, 5.41) is 0. The SMILES string of the molecule is Cc1cc(CN2CCN(C)C2=O)c2c(n1)N(C)CC2. The summed E-state index contributed by atoms with van der Waals surface area (Å²) in [4.78, 5) is 22.5. The molecule has 102 valence electrons. The van der Waals surface area contributed by atoms with Crippen LogP contribution in [0.1, 0.15) is 16.8 Å². The van der Waals surface area contributed by atoms with E-state index in [9.17, 15) is 4.79 Å². The van der Waals surface area contributed by atoms with Crippen LogP contribution >= 0.6 is 0 Å². The molecule has 2 amide bonds. The van der Waals surface area contributed by atoms with Crippen LogP contribution < -0.4 is 4.90 Å². The number of aromatic nitrogens is 1. The average molecular weight is 260 g/mol. The minimum atomic E-state index is 0.134. The van der Waals surface area contributed by atoms with Gasteiger partial charge in [-0.2, -0.15) is 0 Å². The topological polar surface area (TPSA) is 39.7 Å². The number of carbonyl (C=O) groups is 1. The highest BCUT2D eigenvalue weighted by atomic mass is 16.2. The maximum atomic E-state index is 12.0. The summed E-state index contributed by atoms with van der Waals surface area (Å²) in [5.41, 5.74) is 3.61. The van der Waals surface area contributed by atoms with Crippen molar-refractivity contribution >= 4 is 11.8 Å². The standard InChI is InChI=1S/C14H20N4O/c1-10-8-11(9-18-7-6-17(3)14(18)19)12-4-5-16(2)13(12)15-10/h8H,4-7,9H2,1-3H3. The molecular weight excluding hydrogens is 240 g/mol. The number of hydrogen-bond donors (Lipinski definition) is 0. The molecule has 1 aromatic rings. The van der Waals surface area contributed by atoms with Crippen molar-refractivity contribution in [3.05, 3.63) is 22.9 Å². The number of nitrogens with zero attached hydrogens (tertiary/aromatic N) is 4. The highest BCUT2D eigenvalue weighted by molar-refractivity contribution is 5.76. The summed E-state index contributed by atoms with van der Waals surface area (Å²) in [6, 6.07) is 2.26. The molecule has 0 saturated carbocycles. The highest BCUT2D eigenvalue weighted by Crippen LogP contribution is 2.29. The Hall–Kier alpha value is -1.78. The molecule has 0 atom stereocenters. The molecule has 0 N–H and O–H groups in total.